The van der Waals surface area contributed by atoms with Gasteiger partial charge in [-0.25, -0.2) is 0 Å². The second-order valence-corrected chi connectivity index (χ2v) is 5.22. The van der Waals surface area contributed by atoms with E-state index in [-0.39, 0.29) is 12.0 Å². The van der Waals surface area contributed by atoms with Crippen molar-refractivity contribution in [3.8, 4) is 0 Å². The van der Waals surface area contributed by atoms with Crippen molar-refractivity contribution in [1.29, 1.82) is 0 Å². The first-order valence-electron chi connectivity index (χ1n) is 6.53. The molecule has 0 radical (unpaired) electrons. The number of aliphatic carboxylic acids is 1. The molecule has 16 heavy (non-hydrogen) atoms. The van der Waals surface area contributed by atoms with Crippen LogP contribution in [0, 0.1) is 11.8 Å². The smallest absolute Gasteiger partial charge is 0.307 e. The van der Waals surface area contributed by atoms with Crippen molar-refractivity contribution >= 4 is 5.97 Å². The highest BCUT2D eigenvalue weighted by Crippen LogP contribution is 2.27. The standard InChI is InChI=1S/C13H25NO2/c1-4-11-6-5-7-12(8-11)14-10(3)9(2)13(15)16/h9-12,14H,4-8H2,1-3H3,(H,15,16). The van der Waals surface area contributed by atoms with Gasteiger partial charge in [-0.2, -0.15) is 0 Å². The first-order valence-corrected chi connectivity index (χ1v) is 6.53. The summed E-state index contributed by atoms with van der Waals surface area (Å²) in [6.07, 6.45) is 6.29. The number of nitrogens with one attached hydrogen (secondary N) is 1. The van der Waals surface area contributed by atoms with Crippen LogP contribution < -0.4 is 5.32 Å². The molecule has 0 heterocycles. The molecule has 2 N–H and O–H groups in total. The van der Waals surface area contributed by atoms with Crippen LogP contribution >= 0.6 is 0 Å². The van der Waals surface area contributed by atoms with E-state index in [1.165, 1.54) is 32.1 Å². The summed E-state index contributed by atoms with van der Waals surface area (Å²) < 4.78 is 0. The first kappa shape index (κ1) is 13.5. The van der Waals surface area contributed by atoms with Gasteiger partial charge in [-0.3, -0.25) is 4.79 Å². The van der Waals surface area contributed by atoms with Gasteiger partial charge in [-0.15, -0.1) is 0 Å². The molecule has 1 fully saturated rings. The minimum Gasteiger partial charge on any atom is -0.481 e. The van der Waals surface area contributed by atoms with Crippen LogP contribution in [0.25, 0.3) is 0 Å². The van der Waals surface area contributed by atoms with Crippen molar-refractivity contribution in [2.45, 2.75) is 65.0 Å². The number of carbonyl (C=O) groups is 1. The van der Waals surface area contributed by atoms with Crippen LogP contribution in [-0.2, 0) is 4.79 Å². The summed E-state index contributed by atoms with van der Waals surface area (Å²) in [6, 6.07) is 0.591. The van der Waals surface area contributed by atoms with Gasteiger partial charge >= 0.3 is 5.97 Å². The van der Waals surface area contributed by atoms with Gasteiger partial charge < -0.3 is 10.4 Å². The van der Waals surface area contributed by atoms with E-state index in [2.05, 4.69) is 12.2 Å². The summed E-state index contributed by atoms with van der Waals surface area (Å²) >= 11 is 0. The highest BCUT2D eigenvalue weighted by Gasteiger charge is 2.25. The maximum Gasteiger partial charge on any atom is 0.307 e. The Labute approximate surface area is 98.6 Å². The molecule has 94 valence electrons. The van der Waals surface area contributed by atoms with Crippen LogP contribution in [0.3, 0.4) is 0 Å². The molecule has 4 atom stereocenters. The number of hydrogen-bond donors (Lipinski definition) is 2. The van der Waals surface area contributed by atoms with Gasteiger partial charge in [-0.1, -0.05) is 33.1 Å². The fraction of sp³-hybridized carbons (Fsp3) is 0.923. The van der Waals surface area contributed by atoms with Crippen molar-refractivity contribution in [3.05, 3.63) is 0 Å². The monoisotopic (exact) mass is 227 g/mol. The number of carboxylic acid groups (broad SMARTS) is 1. The SMILES string of the molecule is CCC1CCCC(NC(C)C(C)C(=O)O)C1. The normalized spacial score (nSPS) is 29.7. The maximum atomic E-state index is 10.9. The maximum absolute atomic E-state index is 10.9. The molecule has 3 nitrogen and oxygen atoms in total. The Morgan fingerprint density at radius 3 is 2.69 bits per heavy atom. The molecule has 1 saturated carbocycles. The van der Waals surface area contributed by atoms with Crippen LogP contribution in [0.4, 0.5) is 0 Å². The van der Waals surface area contributed by atoms with Gasteiger partial charge in [0.05, 0.1) is 5.92 Å². The predicted molar refractivity (Wildman–Crippen MR) is 65.4 cm³/mol. The summed E-state index contributed by atoms with van der Waals surface area (Å²) in [5.74, 6) is -0.177. The van der Waals surface area contributed by atoms with Crippen molar-refractivity contribution in [2.24, 2.45) is 11.8 Å². The molecule has 0 aromatic heterocycles. The molecule has 1 aliphatic rings. The first-order chi connectivity index (χ1) is 7.54. The molecular weight excluding hydrogens is 202 g/mol. The van der Waals surface area contributed by atoms with Crippen LogP contribution in [-0.4, -0.2) is 23.2 Å². The predicted octanol–water partition coefficient (Wildman–Crippen LogP) is 2.65. The quantitative estimate of drug-likeness (QED) is 0.759. The highest BCUT2D eigenvalue weighted by molar-refractivity contribution is 5.70. The Bertz CT molecular complexity index is 230. The topological polar surface area (TPSA) is 49.3 Å². The molecule has 0 aromatic carbocycles. The molecule has 0 amide bonds. The van der Waals surface area contributed by atoms with Gasteiger partial charge in [0.25, 0.3) is 0 Å². The third-order valence-corrected chi connectivity index (χ3v) is 4.00. The molecule has 1 rings (SSSR count). The number of rotatable bonds is 5. The molecule has 0 bridgehead atoms. The van der Waals surface area contributed by atoms with Crippen molar-refractivity contribution in [3.63, 3.8) is 0 Å². The van der Waals surface area contributed by atoms with E-state index >= 15 is 0 Å². The zero-order valence-electron chi connectivity index (χ0n) is 10.7. The van der Waals surface area contributed by atoms with E-state index < -0.39 is 5.97 Å². The summed E-state index contributed by atoms with van der Waals surface area (Å²) in [7, 11) is 0. The van der Waals surface area contributed by atoms with E-state index in [9.17, 15) is 4.79 Å². The van der Waals surface area contributed by atoms with E-state index in [1.54, 1.807) is 6.92 Å². The Balaban J connectivity index is 2.38. The van der Waals surface area contributed by atoms with E-state index in [1.807, 2.05) is 6.92 Å². The number of carboxylic acids is 1. The zero-order chi connectivity index (χ0) is 12.1. The Morgan fingerprint density at radius 2 is 2.12 bits per heavy atom. The lowest BCUT2D eigenvalue weighted by molar-refractivity contribution is -0.142. The fourth-order valence-corrected chi connectivity index (χ4v) is 2.54. The lowest BCUT2D eigenvalue weighted by Gasteiger charge is -2.32. The summed E-state index contributed by atoms with van der Waals surface area (Å²) in [5.41, 5.74) is 0. The molecule has 0 saturated heterocycles. The summed E-state index contributed by atoms with van der Waals surface area (Å²) in [4.78, 5) is 10.9. The molecule has 3 heteroatoms. The molecule has 1 aliphatic carbocycles. The molecular formula is C13H25NO2. The lowest BCUT2D eigenvalue weighted by Crippen LogP contribution is -2.44. The number of hydrogen-bond acceptors (Lipinski definition) is 2. The van der Waals surface area contributed by atoms with E-state index in [0.717, 1.165) is 5.92 Å². The Kier molecular flexibility index (Phi) is 5.26. The van der Waals surface area contributed by atoms with Crippen molar-refractivity contribution in [2.75, 3.05) is 0 Å². The van der Waals surface area contributed by atoms with Gasteiger partial charge in [0.1, 0.15) is 0 Å². The molecule has 0 aliphatic heterocycles. The summed E-state index contributed by atoms with van der Waals surface area (Å²) in [6.45, 7) is 6.00. The van der Waals surface area contributed by atoms with Gasteiger partial charge in [0, 0.05) is 12.1 Å². The Morgan fingerprint density at radius 1 is 1.44 bits per heavy atom. The second kappa shape index (κ2) is 6.24. The van der Waals surface area contributed by atoms with Crippen LogP contribution in [0.15, 0.2) is 0 Å². The minimum atomic E-state index is -0.706. The average molecular weight is 227 g/mol. The van der Waals surface area contributed by atoms with Crippen molar-refractivity contribution < 1.29 is 9.90 Å². The van der Waals surface area contributed by atoms with Crippen molar-refractivity contribution in [1.82, 2.24) is 5.32 Å². The van der Waals surface area contributed by atoms with Gasteiger partial charge in [-0.05, 0) is 25.7 Å². The third kappa shape index (κ3) is 3.78. The minimum absolute atomic E-state index is 0.0677. The fourth-order valence-electron chi connectivity index (χ4n) is 2.54. The average Bonchev–Trinajstić information content (AvgIpc) is 2.28. The van der Waals surface area contributed by atoms with Crippen LogP contribution in [0.2, 0.25) is 0 Å². The Hall–Kier alpha value is -0.570. The zero-order valence-corrected chi connectivity index (χ0v) is 10.7. The van der Waals surface area contributed by atoms with Gasteiger partial charge in [0.2, 0.25) is 0 Å². The van der Waals surface area contributed by atoms with E-state index in [0.29, 0.717) is 6.04 Å². The molecule has 0 spiro atoms. The largest absolute Gasteiger partial charge is 0.481 e. The molecule has 0 aromatic rings. The van der Waals surface area contributed by atoms with Gasteiger partial charge in [0.15, 0.2) is 0 Å². The third-order valence-electron chi connectivity index (χ3n) is 4.00. The molecule has 4 unspecified atom stereocenters. The van der Waals surface area contributed by atoms with E-state index in [4.69, 9.17) is 5.11 Å². The summed E-state index contributed by atoms with van der Waals surface area (Å²) in [5, 5.41) is 12.4. The van der Waals surface area contributed by atoms with Crippen LogP contribution in [0.5, 0.6) is 0 Å². The highest BCUT2D eigenvalue weighted by atomic mass is 16.4. The van der Waals surface area contributed by atoms with Crippen LogP contribution in [0.1, 0.15) is 52.9 Å². The lowest BCUT2D eigenvalue weighted by atomic mass is 9.83. The second-order valence-electron chi connectivity index (χ2n) is 5.22.